The molecule has 0 amide bonds. The number of carbonyl (C=O) groups is 1. The normalized spacial score (nSPS) is 21.8. The van der Waals surface area contributed by atoms with E-state index in [4.69, 9.17) is 10.1 Å². The summed E-state index contributed by atoms with van der Waals surface area (Å²) in [5, 5.41) is 7.80. The highest BCUT2D eigenvalue weighted by atomic mass is 32.2. The minimum absolute atomic E-state index is 0.192. The molecule has 0 saturated heterocycles. The van der Waals surface area contributed by atoms with E-state index in [-0.39, 0.29) is 13.2 Å². The first-order valence-corrected chi connectivity index (χ1v) is 11.3. The van der Waals surface area contributed by atoms with Gasteiger partial charge in [-0.15, -0.1) is 0 Å². The number of benzene rings is 1. The third kappa shape index (κ3) is 6.89. The lowest BCUT2D eigenvalue weighted by atomic mass is 9.83. The Bertz CT molecular complexity index is 898. The first-order valence-electron chi connectivity index (χ1n) is 10.2. The average Bonchev–Trinajstić information content (AvgIpc) is 2.75. The van der Waals surface area contributed by atoms with Crippen LogP contribution in [0.5, 0.6) is 0 Å². The SMILES string of the molecule is CCOC(=O)CN=C1CCCC(N(C)S(=O)c2cc(C(C)(F)F)cc(C(F)(F)F)c2)C1C=N. The van der Waals surface area contributed by atoms with E-state index < -0.39 is 57.0 Å². The fourth-order valence-electron chi connectivity index (χ4n) is 3.64. The predicted molar refractivity (Wildman–Crippen MR) is 114 cm³/mol. The molecule has 0 heterocycles. The van der Waals surface area contributed by atoms with E-state index in [1.807, 2.05) is 0 Å². The Hall–Kier alpha value is -2.21. The van der Waals surface area contributed by atoms with Gasteiger partial charge < -0.3 is 10.1 Å². The molecule has 2 rings (SSSR count). The van der Waals surface area contributed by atoms with Crippen LogP contribution in [0.3, 0.4) is 0 Å². The van der Waals surface area contributed by atoms with Gasteiger partial charge >= 0.3 is 12.1 Å². The largest absolute Gasteiger partial charge is 0.465 e. The van der Waals surface area contributed by atoms with Crippen molar-refractivity contribution in [2.75, 3.05) is 20.2 Å². The van der Waals surface area contributed by atoms with Crippen molar-refractivity contribution in [2.45, 2.75) is 56.1 Å². The number of alkyl halides is 5. The molecule has 1 saturated carbocycles. The fourth-order valence-corrected chi connectivity index (χ4v) is 4.91. The van der Waals surface area contributed by atoms with Gasteiger partial charge in [0.2, 0.25) is 0 Å². The van der Waals surface area contributed by atoms with Gasteiger partial charge in [0.05, 0.1) is 17.1 Å². The number of halogens is 5. The molecule has 0 spiro atoms. The van der Waals surface area contributed by atoms with Crippen LogP contribution >= 0.6 is 0 Å². The number of nitrogens with one attached hydrogen (secondary N) is 1. The van der Waals surface area contributed by atoms with Crippen LogP contribution in [-0.2, 0) is 32.6 Å². The van der Waals surface area contributed by atoms with Crippen LogP contribution in [0.4, 0.5) is 22.0 Å². The molecule has 1 aliphatic rings. The summed E-state index contributed by atoms with van der Waals surface area (Å²) in [4.78, 5) is 15.4. The maximum Gasteiger partial charge on any atom is 0.416 e. The minimum atomic E-state index is -4.89. The van der Waals surface area contributed by atoms with E-state index >= 15 is 0 Å². The van der Waals surface area contributed by atoms with Gasteiger partial charge in [-0.25, -0.2) is 17.3 Å². The highest BCUT2D eigenvalue weighted by molar-refractivity contribution is 7.82. The fraction of sp³-hybridized carbons (Fsp3) is 0.571. The Morgan fingerprint density at radius 2 is 1.91 bits per heavy atom. The summed E-state index contributed by atoms with van der Waals surface area (Å²) >= 11 is 0. The molecular formula is C21H26F5N3O3S. The van der Waals surface area contributed by atoms with Crippen LogP contribution in [0.1, 0.15) is 44.2 Å². The maximum absolute atomic E-state index is 13.8. The first-order chi connectivity index (χ1) is 15.3. The lowest BCUT2D eigenvalue weighted by Gasteiger charge is -2.36. The molecule has 0 aliphatic heterocycles. The molecule has 1 fully saturated rings. The van der Waals surface area contributed by atoms with Gasteiger partial charge in [-0.2, -0.15) is 13.2 Å². The van der Waals surface area contributed by atoms with Crippen molar-refractivity contribution in [2.24, 2.45) is 10.9 Å². The van der Waals surface area contributed by atoms with Gasteiger partial charge in [-0.05, 0) is 44.4 Å². The van der Waals surface area contributed by atoms with E-state index in [0.717, 1.165) is 12.3 Å². The Balaban J connectivity index is 2.37. The lowest BCUT2D eigenvalue weighted by Crippen LogP contribution is -2.45. The number of hydrogen-bond acceptors (Lipinski definition) is 5. The zero-order chi connectivity index (χ0) is 25.0. The predicted octanol–water partition coefficient (Wildman–Crippen LogP) is 4.59. The molecule has 33 heavy (non-hydrogen) atoms. The van der Waals surface area contributed by atoms with Gasteiger partial charge in [0, 0.05) is 43.4 Å². The van der Waals surface area contributed by atoms with Crippen LogP contribution in [-0.4, -0.2) is 52.7 Å². The third-order valence-corrected chi connectivity index (χ3v) is 6.73. The van der Waals surface area contributed by atoms with Crippen molar-refractivity contribution in [3.63, 3.8) is 0 Å². The molecule has 0 aromatic heterocycles. The number of aliphatic imine (C=N–C) groups is 1. The van der Waals surface area contributed by atoms with E-state index in [0.29, 0.717) is 44.0 Å². The van der Waals surface area contributed by atoms with Crippen molar-refractivity contribution in [3.8, 4) is 0 Å². The molecule has 1 aromatic rings. The topological polar surface area (TPSA) is 82.8 Å². The monoisotopic (exact) mass is 495 g/mol. The van der Waals surface area contributed by atoms with E-state index in [9.17, 15) is 31.0 Å². The summed E-state index contributed by atoms with van der Waals surface area (Å²) in [6.45, 7) is 2.07. The summed E-state index contributed by atoms with van der Waals surface area (Å²) in [7, 11) is -0.820. The van der Waals surface area contributed by atoms with Crippen molar-refractivity contribution in [1.29, 1.82) is 5.41 Å². The van der Waals surface area contributed by atoms with Crippen LogP contribution in [0.2, 0.25) is 0 Å². The molecule has 1 N–H and O–H groups in total. The molecule has 3 atom stereocenters. The number of carbonyl (C=O) groups excluding carboxylic acids is 1. The highest BCUT2D eigenvalue weighted by Gasteiger charge is 2.38. The Morgan fingerprint density at radius 1 is 1.27 bits per heavy atom. The van der Waals surface area contributed by atoms with Gasteiger partial charge in [0.15, 0.2) is 0 Å². The molecule has 3 unspecified atom stereocenters. The first kappa shape index (κ1) is 27.0. The second-order valence-electron chi connectivity index (χ2n) is 7.69. The van der Waals surface area contributed by atoms with Crippen LogP contribution in [0, 0.1) is 11.3 Å². The van der Waals surface area contributed by atoms with Crippen LogP contribution in [0.15, 0.2) is 28.1 Å². The Kier molecular flexibility index (Phi) is 8.86. The van der Waals surface area contributed by atoms with Crippen molar-refractivity contribution >= 4 is 28.9 Å². The number of nitrogens with zero attached hydrogens (tertiary/aromatic N) is 2. The molecule has 184 valence electrons. The molecule has 12 heteroatoms. The van der Waals surface area contributed by atoms with E-state index in [1.54, 1.807) is 6.92 Å². The Morgan fingerprint density at radius 3 is 2.45 bits per heavy atom. The zero-order valence-electron chi connectivity index (χ0n) is 18.4. The van der Waals surface area contributed by atoms with Crippen molar-refractivity contribution < 1.29 is 35.7 Å². The van der Waals surface area contributed by atoms with Gasteiger partial charge in [-0.1, -0.05) is 0 Å². The van der Waals surface area contributed by atoms with Crippen LogP contribution in [0.25, 0.3) is 0 Å². The third-order valence-electron chi connectivity index (χ3n) is 5.30. The second kappa shape index (κ2) is 10.8. The van der Waals surface area contributed by atoms with E-state index in [2.05, 4.69) is 4.99 Å². The molecular weight excluding hydrogens is 469 g/mol. The molecule has 1 aromatic carbocycles. The zero-order valence-corrected chi connectivity index (χ0v) is 19.2. The summed E-state index contributed by atoms with van der Waals surface area (Å²) in [6.07, 6.45) is -2.28. The van der Waals surface area contributed by atoms with Gasteiger partial charge in [0.25, 0.3) is 5.92 Å². The van der Waals surface area contributed by atoms with Crippen LogP contribution < -0.4 is 0 Å². The highest BCUT2D eigenvalue weighted by Crippen LogP contribution is 2.37. The van der Waals surface area contributed by atoms with Crippen molar-refractivity contribution in [1.82, 2.24) is 4.31 Å². The lowest BCUT2D eigenvalue weighted by molar-refractivity contribution is -0.141. The number of rotatable bonds is 8. The molecule has 0 bridgehead atoms. The average molecular weight is 496 g/mol. The van der Waals surface area contributed by atoms with Gasteiger partial charge in [-0.3, -0.25) is 9.79 Å². The summed E-state index contributed by atoms with van der Waals surface area (Å²) in [5.74, 6) is -4.74. The summed E-state index contributed by atoms with van der Waals surface area (Å²) in [5.41, 5.74) is -1.69. The number of ether oxygens (including phenoxy) is 1. The van der Waals surface area contributed by atoms with E-state index in [1.165, 1.54) is 11.4 Å². The maximum atomic E-state index is 13.8. The summed E-state index contributed by atoms with van der Waals surface area (Å²) in [6, 6.07) is 1.17. The van der Waals surface area contributed by atoms with Gasteiger partial charge in [0.1, 0.15) is 17.5 Å². The molecule has 6 nitrogen and oxygen atoms in total. The smallest absolute Gasteiger partial charge is 0.416 e. The standard InChI is InChI=1S/C21H26F5N3O3S/c1-4-32-19(30)12-28-17-6-5-7-18(16(17)11-27)29(3)33(31)15-9-13(20(2,22)23)8-14(10-15)21(24,25)26/h8-11,16,18,27H,4-7,12H2,1-3H3. The van der Waals surface area contributed by atoms with Crippen molar-refractivity contribution in [3.05, 3.63) is 29.3 Å². The number of hydrogen-bond donors (Lipinski definition) is 1. The second-order valence-corrected chi connectivity index (χ2v) is 9.24. The molecule has 1 aliphatic carbocycles. The molecule has 0 radical (unpaired) electrons. The quantitative estimate of drug-likeness (QED) is 0.325. The summed E-state index contributed by atoms with van der Waals surface area (Å²) < 4.78 is 86.8. The number of esters is 1. The Labute approximate surface area is 191 Å². The minimum Gasteiger partial charge on any atom is -0.465 e.